The van der Waals surface area contributed by atoms with Crippen LogP contribution in [-0.2, 0) is 4.79 Å². The molecule has 0 bridgehead atoms. The fraction of sp³-hybridized carbons (Fsp3) is 0.462. The molecule has 0 aromatic heterocycles. The van der Waals surface area contributed by atoms with Crippen LogP contribution in [0.15, 0.2) is 18.2 Å². The Kier molecular flexibility index (Phi) is 3.72. The number of carbonyl (C=O) groups excluding carboxylic acids is 1. The minimum absolute atomic E-state index is 0.0384. The molecule has 0 spiro atoms. The highest BCUT2D eigenvalue weighted by molar-refractivity contribution is 5.77. The quantitative estimate of drug-likeness (QED) is 0.838. The van der Waals surface area contributed by atoms with Gasteiger partial charge in [0.25, 0.3) is 0 Å². The van der Waals surface area contributed by atoms with Crippen molar-refractivity contribution in [1.82, 2.24) is 5.32 Å². The van der Waals surface area contributed by atoms with Crippen molar-refractivity contribution in [3.05, 3.63) is 23.8 Å². The maximum Gasteiger partial charge on any atom is 0.220 e. The van der Waals surface area contributed by atoms with Crippen LogP contribution in [0, 0.1) is 0 Å². The first-order chi connectivity index (χ1) is 8.65. The minimum Gasteiger partial charge on any atom is -0.493 e. The summed E-state index contributed by atoms with van der Waals surface area (Å²) in [5.41, 5.74) is 6.99. The summed E-state index contributed by atoms with van der Waals surface area (Å²) in [6, 6.07) is 5.35. The first kappa shape index (κ1) is 12.7. The summed E-state index contributed by atoms with van der Waals surface area (Å²) in [6.45, 7) is 0. The van der Waals surface area contributed by atoms with E-state index in [9.17, 15) is 4.79 Å². The summed E-state index contributed by atoms with van der Waals surface area (Å²) < 4.78 is 10.4. The number of piperidine rings is 1. The molecule has 98 valence electrons. The minimum atomic E-state index is -0.161. The van der Waals surface area contributed by atoms with Gasteiger partial charge in [-0.25, -0.2) is 0 Å². The molecule has 0 aliphatic carbocycles. The number of hydrogen-bond donors (Lipinski definition) is 2. The lowest BCUT2D eigenvalue weighted by Crippen LogP contribution is -2.45. The van der Waals surface area contributed by atoms with Crippen molar-refractivity contribution in [2.45, 2.75) is 24.9 Å². The van der Waals surface area contributed by atoms with Crippen LogP contribution in [0.25, 0.3) is 0 Å². The van der Waals surface area contributed by atoms with Crippen molar-refractivity contribution in [2.75, 3.05) is 14.2 Å². The van der Waals surface area contributed by atoms with Crippen LogP contribution in [0.2, 0.25) is 0 Å². The van der Waals surface area contributed by atoms with Gasteiger partial charge < -0.3 is 20.5 Å². The number of rotatable bonds is 3. The number of amides is 1. The average Bonchev–Trinajstić information content (AvgIpc) is 2.40. The summed E-state index contributed by atoms with van der Waals surface area (Å²) in [6.07, 6.45) is 1.19. The highest BCUT2D eigenvalue weighted by Crippen LogP contribution is 2.32. The molecule has 18 heavy (non-hydrogen) atoms. The van der Waals surface area contributed by atoms with E-state index in [4.69, 9.17) is 15.2 Å². The van der Waals surface area contributed by atoms with Crippen molar-refractivity contribution < 1.29 is 14.3 Å². The summed E-state index contributed by atoms with van der Waals surface area (Å²) in [5, 5.41) is 2.91. The molecule has 1 aliphatic rings. The summed E-state index contributed by atoms with van der Waals surface area (Å²) >= 11 is 0. The van der Waals surface area contributed by atoms with E-state index in [0.29, 0.717) is 24.3 Å². The van der Waals surface area contributed by atoms with Crippen LogP contribution in [0.3, 0.4) is 0 Å². The topological polar surface area (TPSA) is 73.6 Å². The second-order valence-electron chi connectivity index (χ2n) is 4.36. The van der Waals surface area contributed by atoms with Crippen molar-refractivity contribution >= 4 is 5.91 Å². The Morgan fingerprint density at radius 1 is 1.28 bits per heavy atom. The van der Waals surface area contributed by atoms with Crippen LogP contribution in [0.5, 0.6) is 11.5 Å². The highest BCUT2D eigenvalue weighted by Gasteiger charge is 2.27. The smallest absolute Gasteiger partial charge is 0.220 e. The number of hydrogen-bond acceptors (Lipinski definition) is 4. The Labute approximate surface area is 106 Å². The second-order valence-corrected chi connectivity index (χ2v) is 4.36. The molecule has 3 N–H and O–H groups in total. The molecule has 1 heterocycles. The molecule has 1 aromatic rings. The van der Waals surface area contributed by atoms with Gasteiger partial charge in [0, 0.05) is 12.5 Å². The number of ether oxygens (including phenoxy) is 2. The van der Waals surface area contributed by atoms with Crippen LogP contribution < -0.4 is 20.5 Å². The SMILES string of the molecule is COc1ccc([C@H]2NC(=O)CC[C@H]2N)cc1OC. The van der Waals surface area contributed by atoms with Gasteiger partial charge in [-0.2, -0.15) is 0 Å². The molecule has 1 saturated heterocycles. The molecule has 2 rings (SSSR count). The zero-order valence-corrected chi connectivity index (χ0v) is 10.6. The second kappa shape index (κ2) is 5.27. The monoisotopic (exact) mass is 250 g/mol. The maximum absolute atomic E-state index is 11.4. The van der Waals surface area contributed by atoms with E-state index in [2.05, 4.69) is 5.32 Å². The predicted octanol–water partition coefficient (Wildman–Crippen LogP) is 0.982. The first-order valence-corrected chi connectivity index (χ1v) is 5.92. The Bertz CT molecular complexity index is 448. The zero-order chi connectivity index (χ0) is 13.1. The Morgan fingerprint density at radius 3 is 2.67 bits per heavy atom. The van der Waals surface area contributed by atoms with E-state index in [1.54, 1.807) is 14.2 Å². The fourth-order valence-corrected chi connectivity index (χ4v) is 2.19. The Hall–Kier alpha value is -1.75. The van der Waals surface area contributed by atoms with Gasteiger partial charge in [0.2, 0.25) is 5.91 Å². The van der Waals surface area contributed by atoms with Crippen LogP contribution in [0.1, 0.15) is 24.4 Å². The first-order valence-electron chi connectivity index (χ1n) is 5.92. The lowest BCUT2D eigenvalue weighted by Gasteiger charge is -2.30. The van der Waals surface area contributed by atoms with Gasteiger partial charge in [0.1, 0.15) is 0 Å². The van der Waals surface area contributed by atoms with Gasteiger partial charge in [0.15, 0.2) is 11.5 Å². The van der Waals surface area contributed by atoms with Crippen LogP contribution >= 0.6 is 0 Å². The van der Waals surface area contributed by atoms with Crippen molar-refractivity contribution in [2.24, 2.45) is 5.73 Å². The van der Waals surface area contributed by atoms with Gasteiger partial charge in [0.05, 0.1) is 20.3 Å². The van der Waals surface area contributed by atoms with Gasteiger partial charge in [-0.15, -0.1) is 0 Å². The molecule has 2 atom stereocenters. The molecular weight excluding hydrogens is 232 g/mol. The number of nitrogens with two attached hydrogens (primary N) is 1. The largest absolute Gasteiger partial charge is 0.493 e. The molecular formula is C13H18N2O3. The predicted molar refractivity (Wildman–Crippen MR) is 67.6 cm³/mol. The molecule has 5 heteroatoms. The third-order valence-corrected chi connectivity index (χ3v) is 3.22. The molecule has 1 fully saturated rings. The fourth-order valence-electron chi connectivity index (χ4n) is 2.19. The van der Waals surface area contributed by atoms with E-state index < -0.39 is 0 Å². The number of benzene rings is 1. The van der Waals surface area contributed by atoms with Crippen LogP contribution in [0.4, 0.5) is 0 Å². The van der Waals surface area contributed by atoms with E-state index in [1.807, 2.05) is 18.2 Å². The lowest BCUT2D eigenvalue weighted by atomic mass is 9.92. The Morgan fingerprint density at radius 2 is 2.00 bits per heavy atom. The number of carbonyl (C=O) groups is 1. The highest BCUT2D eigenvalue weighted by atomic mass is 16.5. The zero-order valence-electron chi connectivity index (χ0n) is 10.6. The Balaban J connectivity index is 2.29. The standard InChI is InChI=1S/C13H18N2O3/c1-17-10-5-3-8(7-11(10)18-2)13-9(14)4-6-12(16)15-13/h3,5,7,9,13H,4,6,14H2,1-2H3,(H,15,16)/t9-,13-/m1/s1. The van der Waals surface area contributed by atoms with E-state index in [0.717, 1.165) is 5.56 Å². The number of methoxy groups -OCH3 is 2. The summed E-state index contributed by atoms with van der Waals surface area (Å²) in [5.74, 6) is 1.34. The van der Waals surface area contributed by atoms with Gasteiger partial charge in [-0.05, 0) is 24.1 Å². The van der Waals surface area contributed by atoms with Crippen LogP contribution in [-0.4, -0.2) is 26.2 Å². The average molecular weight is 250 g/mol. The van der Waals surface area contributed by atoms with Gasteiger partial charge >= 0.3 is 0 Å². The molecule has 5 nitrogen and oxygen atoms in total. The normalized spacial score (nSPS) is 23.4. The van der Waals surface area contributed by atoms with Crippen molar-refractivity contribution in [1.29, 1.82) is 0 Å². The van der Waals surface area contributed by atoms with Gasteiger partial charge in [-0.3, -0.25) is 4.79 Å². The number of nitrogens with one attached hydrogen (secondary N) is 1. The molecule has 1 aromatic carbocycles. The summed E-state index contributed by atoms with van der Waals surface area (Å²) in [4.78, 5) is 11.4. The molecule has 0 saturated carbocycles. The molecule has 0 radical (unpaired) electrons. The summed E-state index contributed by atoms with van der Waals surface area (Å²) in [7, 11) is 3.17. The third-order valence-electron chi connectivity index (χ3n) is 3.22. The van der Waals surface area contributed by atoms with E-state index in [-0.39, 0.29) is 18.0 Å². The van der Waals surface area contributed by atoms with E-state index >= 15 is 0 Å². The maximum atomic E-state index is 11.4. The van der Waals surface area contributed by atoms with Crippen molar-refractivity contribution in [3.8, 4) is 11.5 Å². The lowest BCUT2D eigenvalue weighted by molar-refractivity contribution is -0.123. The molecule has 0 unspecified atom stereocenters. The third kappa shape index (κ3) is 2.41. The van der Waals surface area contributed by atoms with Gasteiger partial charge in [-0.1, -0.05) is 6.07 Å². The molecule has 1 amide bonds. The van der Waals surface area contributed by atoms with Crippen molar-refractivity contribution in [3.63, 3.8) is 0 Å². The van der Waals surface area contributed by atoms with E-state index in [1.165, 1.54) is 0 Å². The molecule has 1 aliphatic heterocycles.